The SMILES string of the molecule is CCOc1ccc(CC(=O)N2CCC(C(=O)c3ccc(C)cc3)CC2)cc1. The number of hydrogen-bond donors (Lipinski definition) is 0. The van der Waals surface area contributed by atoms with E-state index < -0.39 is 0 Å². The van der Waals surface area contributed by atoms with Crippen molar-refractivity contribution in [1.29, 1.82) is 0 Å². The van der Waals surface area contributed by atoms with E-state index in [1.165, 1.54) is 0 Å². The Morgan fingerprint density at radius 3 is 2.22 bits per heavy atom. The Balaban J connectivity index is 1.51. The Morgan fingerprint density at radius 1 is 1.00 bits per heavy atom. The lowest BCUT2D eigenvalue weighted by molar-refractivity contribution is -0.131. The van der Waals surface area contributed by atoms with Gasteiger partial charge in [0.15, 0.2) is 5.78 Å². The number of ketones is 1. The van der Waals surface area contributed by atoms with Crippen molar-refractivity contribution in [2.45, 2.75) is 33.1 Å². The highest BCUT2D eigenvalue weighted by Crippen LogP contribution is 2.23. The van der Waals surface area contributed by atoms with Gasteiger partial charge in [0.05, 0.1) is 13.0 Å². The summed E-state index contributed by atoms with van der Waals surface area (Å²) >= 11 is 0. The van der Waals surface area contributed by atoms with E-state index in [9.17, 15) is 9.59 Å². The Morgan fingerprint density at radius 2 is 1.63 bits per heavy atom. The maximum atomic E-state index is 12.6. The summed E-state index contributed by atoms with van der Waals surface area (Å²) < 4.78 is 5.43. The summed E-state index contributed by atoms with van der Waals surface area (Å²) in [6, 6.07) is 15.4. The topological polar surface area (TPSA) is 46.6 Å². The van der Waals surface area contributed by atoms with E-state index in [1.54, 1.807) is 0 Å². The molecule has 1 aliphatic heterocycles. The summed E-state index contributed by atoms with van der Waals surface area (Å²) in [6.07, 6.45) is 1.87. The Hall–Kier alpha value is -2.62. The largest absolute Gasteiger partial charge is 0.494 e. The van der Waals surface area contributed by atoms with Crippen LogP contribution in [0.2, 0.25) is 0 Å². The van der Waals surface area contributed by atoms with Crippen LogP contribution in [-0.4, -0.2) is 36.3 Å². The van der Waals surface area contributed by atoms with Crippen molar-refractivity contribution in [3.05, 3.63) is 65.2 Å². The summed E-state index contributed by atoms with van der Waals surface area (Å²) in [5.41, 5.74) is 2.92. The quantitative estimate of drug-likeness (QED) is 0.725. The number of benzene rings is 2. The highest BCUT2D eigenvalue weighted by atomic mass is 16.5. The van der Waals surface area contributed by atoms with E-state index in [2.05, 4.69) is 0 Å². The van der Waals surface area contributed by atoms with Crippen LogP contribution in [0.25, 0.3) is 0 Å². The fourth-order valence-corrected chi connectivity index (χ4v) is 3.50. The second-order valence-corrected chi connectivity index (χ2v) is 7.14. The number of piperidine rings is 1. The zero-order chi connectivity index (χ0) is 19.2. The minimum Gasteiger partial charge on any atom is -0.494 e. The molecule has 3 rings (SSSR count). The molecule has 0 bridgehead atoms. The lowest BCUT2D eigenvalue weighted by Gasteiger charge is -2.31. The molecule has 27 heavy (non-hydrogen) atoms. The predicted octanol–water partition coefficient (Wildman–Crippen LogP) is 4.06. The van der Waals surface area contributed by atoms with Crippen LogP contribution in [0.4, 0.5) is 0 Å². The molecule has 0 aromatic heterocycles. The molecular formula is C23H27NO3. The molecule has 4 nitrogen and oxygen atoms in total. The molecule has 0 saturated carbocycles. The van der Waals surface area contributed by atoms with Crippen molar-refractivity contribution >= 4 is 11.7 Å². The summed E-state index contributed by atoms with van der Waals surface area (Å²) in [5, 5.41) is 0. The summed E-state index contributed by atoms with van der Waals surface area (Å²) in [7, 11) is 0. The molecule has 142 valence electrons. The van der Waals surface area contributed by atoms with E-state index >= 15 is 0 Å². The predicted molar refractivity (Wildman–Crippen MR) is 106 cm³/mol. The highest BCUT2D eigenvalue weighted by Gasteiger charge is 2.27. The van der Waals surface area contributed by atoms with E-state index in [4.69, 9.17) is 4.74 Å². The molecule has 0 unspecified atom stereocenters. The standard InChI is InChI=1S/C23H27NO3/c1-3-27-21-10-6-18(7-11-21)16-22(25)24-14-12-20(13-15-24)23(26)19-8-4-17(2)5-9-19/h4-11,20H,3,12-16H2,1-2H3. The Bertz CT molecular complexity index is 772. The zero-order valence-electron chi connectivity index (χ0n) is 16.1. The molecule has 1 saturated heterocycles. The molecule has 0 radical (unpaired) electrons. The Kier molecular flexibility index (Phi) is 6.28. The highest BCUT2D eigenvalue weighted by molar-refractivity contribution is 5.98. The number of likely N-dealkylation sites (tertiary alicyclic amines) is 1. The molecule has 4 heteroatoms. The maximum Gasteiger partial charge on any atom is 0.226 e. The van der Waals surface area contributed by atoms with Crippen LogP contribution < -0.4 is 4.74 Å². The van der Waals surface area contributed by atoms with Crippen LogP contribution in [0.3, 0.4) is 0 Å². The molecule has 2 aromatic rings. The van der Waals surface area contributed by atoms with E-state index in [-0.39, 0.29) is 17.6 Å². The molecule has 0 spiro atoms. The van der Waals surface area contributed by atoms with Crippen LogP contribution in [-0.2, 0) is 11.2 Å². The number of ether oxygens (including phenoxy) is 1. The number of carbonyl (C=O) groups is 2. The van der Waals surface area contributed by atoms with Gasteiger partial charge in [-0.2, -0.15) is 0 Å². The summed E-state index contributed by atoms with van der Waals surface area (Å²) in [4.78, 5) is 27.1. The minimum absolute atomic E-state index is 0.0160. The second kappa shape index (κ2) is 8.85. The smallest absolute Gasteiger partial charge is 0.226 e. The summed E-state index contributed by atoms with van der Waals surface area (Å²) in [6.45, 7) is 5.90. The molecule has 0 atom stereocenters. The molecule has 1 fully saturated rings. The third-order valence-electron chi connectivity index (χ3n) is 5.14. The molecule has 2 aromatic carbocycles. The summed E-state index contributed by atoms with van der Waals surface area (Å²) in [5.74, 6) is 1.17. The van der Waals surface area contributed by atoms with Crippen LogP contribution in [0.1, 0.15) is 41.3 Å². The van der Waals surface area contributed by atoms with Crippen molar-refractivity contribution in [1.82, 2.24) is 4.90 Å². The van der Waals surface area contributed by atoms with Crippen molar-refractivity contribution in [2.75, 3.05) is 19.7 Å². The van der Waals surface area contributed by atoms with Crippen LogP contribution in [0.5, 0.6) is 5.75 Å². The first-order valence-electron chi connectivity index (χ1n) is 9.67. The van der Waals surface area contributed by atoms with E-state index in [0.29, 0.717) is 26.1 Å². The fourth-order valence-electron chi connectivity index (χ4n) is 3.50. The molecule has 1 amide bonds. The number of nitrogens with zero attached hydrogens (tertiary/aromatic N) is 1. The van der Waals surface area contributed by atoms with Gasteiger partial charge in [0.25, 0.3) is 0 Å². The van der Waals surface area contributed by atoms with Crippen molar-refractivity contribution in [3.8, 4) is 5.75 Å². The lowest BCUT2D eigenvalue weighted by Crippen LogP contribution is -2.41. The third kappa shape index (κ3) is 4.97. The minimum atomic E-state index is 0.0160. The monoisotopic (exact) mass is 365 g/mol. The lowest BCUT2D eigenvalue weighted by atomic mass is 9.88. The van der Waals surface area contributed by atoms with Gasteiger partial charge >= 0.3 is 0 Å². The average molecular weight is 365 g/mol. The van der Waals surface area contributed by atoms with Gasteiger partial charge in [0.1, 0.15) is 5.75 Å². The van der Waals surface area contributed by atoms with Crippen LogP contribution in [0, 0.1) is 12.8 Å². The number of hydrogen-bond acceptors (Lipinski definition) is 3. The van der Waals surface area contributed by atoms with Gasteiger partial charge in [-0.3, -0.25) is 9.59 Å². The number of aryl methyl sites for hydroxylation is 1. The molecule has 1 heterocycles. The van der Waals surface area contributed by atoms with Crippen LogP contribution in [0.15, 0.2) is 48.5 Å². The number of Topliss-reactive ketones (excluding diaryl/α,β-unsaturated/α-hetero) is 1. The van der Waals surface area contributed by atoms with Crippen molar-refractivity contribution in [3.63, 3.8) is 0 Å². The van der Waals surface area contributed by atoms with Crippen molar-refractivity contribution in [2.24, 2.45) is 5.92 Å². The number of rotatable bonds is 6. The average Bonchev–Trinajstić information content (AvgIpc) is 2.70. The molecule has 1 aliphatic rings. The maximum absolute atomic E-state index is 12.6. The number of carbonyl (C=O) groups excluding carboxylic acids is 2. The zero-order valence-corrected chi connectivity index (χ0v) is 16.1. The molecule has 0 N–H and O–H groups in total. The van der Waals surface area contributed by atoms with E-state index in [1.807, 2.05) is 67.3 Å². The van der Waals surface area contributed by atoms with E-state index in [0.717, 1.165) is 35.3 Å². The van der Waals surface area contributed by atoms with Gasteiger partial charge in [-0.1, -0.05) is 42.0 Å². The third-order valence-corrected chi connectivity index (χ3v) is 5.14. The van der Waals surface area contributed by atoms with Gasteiger partial charge < -0.3 is 9.64 Å². The number of amides is 1. The second-order valence-electron chi connectivity index (χ2n) is 7.14. The first-order chi connectivity index (χ1) is 13.1. The molecule has 0 aliphatic carbocycles. The van der Waals surface area contributed by atoms with Gasteiger partial charge in [0, 0.05) is 24.6 Å². The van der Waals surface area contributed by atoms with Gasteiger partial charge in [-0.15, -0.1) is 0 Å². The first kappa shape index (κ1) is 19.2. The van der Waals surface area contributed by atoms with Gasteiger partial charge in [-0.05, 0) is 44.4 Å². The van der Waals surface area contributed by atoms with Crippen molar-refractivity contribution < 1.29 is 14.3 Å². The van der Waals surface area contributed by atoms with Gasteiger partial charge in [0.2, 0.25) is 5.91 Å². The van der Waals surface area contributed by atoms with Crippen LogP contribution >= 0.6 is 0 Å². The van der Waals surface area contributed by atoms with Gasteiger partial charge in [-0.25, -0.2) is 0 Å². The molecular weight excluding hydrogens is 338 g/mol. The fraction of sp³-hybridized carbons (Fsp3) is 0.391. The normalized spacial score (nSPS) is 14.8. The first-order valence-corrected chi connectivity index (χ1v) is 9.67. The Labute approximate surface area is 161 Å².